The molecule has 0 heterocycles. The third-order valence-electron chi connectivity index (χ3n) is 2.43. The molecule has 0 radical (unpaired) electrons. The lowest BCUT2D eigenvalue weighted by atomic mass is 10.0. The van der Waals surface area contributed by atoms with Gasteiger partial charge in [-0.3, -0.25) is 0 Å². The molecule has 0 aliphatic carbocycles. The van der Waals surface area contributed by atoms with Gasteiger partial charge >= 0.3 is 0 Å². The van der Waals surface area contributed by atoms with Crippen molar-refractivity contribution in [1.29, 1.82) is 0 Å². The van der Waals surface area contributed by atoms with Crippen molar-refractivity contribution in [2.75, 3.05) is 11.5 Å². The van der Waals surface area contributed by atoms with Gasteiger partial charge in [0, 0.05) is 5.75 Å². The summed E-state index contributed by atoms with van der Waals surface area (Å²) in [4.78, 5) is 0. The molecule has 0 aromatic carbocycles. The Labute approximate surface area is 76.3 Å². The van der Waals surface area contributed by atoms with E-state index in [1.54, 1.807) is 6.92 Å². The average molecular weight is 192 g/mol. The molecule has 0 amide bonds. The summed E-state index contributed by atoms with van der Waals surface area (Å²) in [5, 5.41) is 0. The second kappa shape index (κ2) is 5.57. The lowest BCUT2D eigenvalue weighted by Crippen LogP contribution is -2.12. The molecule has 2 nitrogen and oxygen atoms in total. The van der Waals surface area contributed by atoms with Crippen molar-refractivity contribution in [1.82, 2.24) is 0 Å². The molecule has 0 aromatic rings. The summed E-state index contributed by atoms with van der Waals surface area (Å²) in [7, 11) is -2.73. The summed E-state index contributed by atoms with van der Waals surface area (Å²) < 4.78 is 22.3. The summed E-state index contributed by atoms with van der Waals surface area (Å²) in [6.07, 6.45) is 3.02. The number of hydrogen-bond acceptors (Lipinski definition) is 2. The zero-order chi connectivity index (χ0) is 9.61. The monoisotopic (exact) mass is 192 g/mol. The van der Waals surface area contributed by atoms with Crippen molar-refractivity contribution in [2.24, 2.45) is 5.92 Å². The van der Waals surface area contributed by atoms with Crippen molar-refractivity contribution in [3.63, 3.8) is 0 Å². The van der Waals surface area contributed by atoms with Crippen molar-refractivity contribution in [3.05, 3.63) is 0 Å². The van der Waals surface area contributed by atoms with Crippen LogP contribution in [0.1, 0.15) is 40.0 Å². The summed E-state index contributed by atoms with van der Waals surface area (Å²) in [6.45, 7) is 5.95. The van der Waals surface area contributed by atoms with Crippen LogP contribution in [0.5, 0.6) is 0 Å². The van der Waals surface area contributed by atoms with Crippen LogP contribution < -0.4 is 0 Å². The molecule has 12 heavy (non-hydrogen) atoms. The maximum absolute atomic E-state index is 11.1. The fraction of sp³-hybridized carbons (Fsp3) is 1.00. The van der Waals surface area contributed by atoms with Crippen molar-refractivity contribution in [3.8, 4) is 0 Å². The molecule has 0 N–H and O–H groups in total. The van der Waals surface area contributed by atoms with E-state index >= 15 is 0 Å². The van der Waals surface area contributed by atoms with E-state index in [1.165, 1.54) is 0 Å². The first-order valence-corrected chi connectivity index (χ1v) is 6.58. The highest BCUT2D eigenvalue weighted by Crippen LogP contribution is 2.13. The van der Waals surface area contributed by atoms with E-state index < -0.39 is 9.84 Å². The average Bonchev–Trinajstić information content (AvgIpc) is 2.06. The van der Waals surface area contributed by atoms with E-state index in [2.05, 4.69) is 13.8 Å². The fourth-order valence-electron chi connectivity index (χ4n) is 1.19. The number of rotatable bonds is 6. The molecule has 3 heteroatoms. The SMILES string of the molecule is CCC(CC)CCS(=O)(=O)CC. The second-order valence-corrected chi connectivity index (χ2v) is 5.68. The van der Waals surface area contributed by atoms with Gasteiger partial charge in [0.2, 0.25) is 0 Å². The van der Waals surface area contributed by atoms with Gasteiger partial charge in [-0.05, 0) is 12.3 Å². The van der Waals surface area contributed by atoms with Crippen molar-refractivity contribution in [2.45, 2.75) is 40.0 Å². The van der Waals surface area contributed by atoms with Gasteiger partial charge in [-0.15, -0.1) is 0 Å². The predicted octanol–water partition coefficient (Wildman–Crippen LogP) is 2.25. The first kappa shape index (κ1) is 11.9. The lowest BCUT2D eigenvalue weighted by Gasteiger charge is -2.10. The lowest BCUT2D eigenvalue weighted by molar-refractivity contribution is 0.474. The van der Waals surface area contributed by atoms with E-state index in [0.29, 0.717) is 11.7 Å². The quantitative estimate of drug-likeness (QED) is 0.647. The predicted molar refractivity (Wildman–Crippen MR) is 53.0 cm³/mol. The standard InChI is InChI=1S/C9H20O2S/c1-4-9(5-2)7-8-12(10,11)6-3/h9H,4-8H2,1-3H3. The molecule has 0 saturated carbocycles. The Morgan fingerprint density at radius 2 is 1.58 bits per heavy atom. The Hall–Kier alpha value is -0.0500. The van der Waals surface area contributed by atoms with Crippen LogP contribution in [0.25, 0.3) is 0 Å². The smallest absolute Gasteiger partial charge is 0.150 e. The number of hydrogen-bond donors (Lipinski definition) is 0. The third-order valence-corrected chi connectivity index (χ3v) is 4.17. The summed E-state index contributed by atoms with van der Waals surface area (Å²) in [6, 6.07) is 0. The van der Waals surface area contributed by atoms with Gasteiger partial charge in [-0.25, -0.2) is 8.42 Å². The summed E-state index contributed by atoms with van der Waals surface area (Å²) >= 11 is 0. The van der Waals surface area contributed by atoms with Gasteiger partial charge in [0.25, 0.3) is 0 Å². The molecule has 0 unspecified atom stereocenters. The molecule has 0 aliphatic heterocycles. The van der Waals surface area contributed by atoms with Gasteiger partial charge in [-0.1, -0.05) is 33.6 Å². The minimum atomic E-state index is -2.73. The summed E-state index contributed by atoms with van der Waals surface area (Å²) in [5.41, 5.74) is 0. The summed E-state index contributed by atoms with van der Waals surface area (Å²) in [5.74, 6) is 1.24. The molecule has 0 saturated heterocycles. The second-order valence-electron chi connectivity index (χ2n) is 3.21. The van der Waals surface area contributed by atoms with Crippen LogP contribution in [-0.4, -0.2) is 19.9 Å². The first-order chi connectivity index (χ1) is 5.55. The van der Waals surface area contributed by atoms with Gasteiger partial charge < -0.3 is 0 Å². The Morgan fingerprint density at radius 3 is 1.92 bits per heavy atom. The van der Waals surface area contributed by atoms with E-state index in [0.717, 1.165) is 19.3 Å². The molecule has 0 fully saturated rings. The van der Waals surface area contributed by atoms with Gasteiger partial charge in [0.15, 0.2) is 0 Å². The molecule has 74 valence electrons. The third kappa shape index (κ3) is 4.75. The van der Waals surface area contributed by atoms with Crippen molar-refractivity contribution < 1.29 is 8.42 Å². The normalized spacial score (nSPS) is 12.3. The van der Waals surface area contributed by atoms with Crippen LogP contribution in [0.3, 0.4) is 0 Å². The molecular weight excluding hydrogens is 172 g/mol. The van der Waals surface area contributed by atoms with Crippen LogP contribution >= 0.6 is 0 Å². The highest BCUT2D eigenvalue weighted by Gasteiger charge is 2.10. The van der Waals surface area contributed by atoms with Crippen LogP contribution in [0, 0.1) is 5.92 Å². The van der Waals surface area contributed by atoms with E-state index in [1.807, 2.05) is 0 Å². The molecule has 0 rings (SSSR count). The van der Waals surface area contributed by atoms with Crippen LogP contribution in [0.4, 0.5) is 0 Å². The van der Waals surface area contributed by atoms with E-state index in [-0.39, 0.29) is 5.75 Å². The van der Waals surface area contributed by atoms with Crippen molar-refractivity contribution >= 4 is 9.84 Å². The Balaban J connectivity index is 3.81. The highest BCUT2D eigenvalue weighted by molar-refractivity contribution is 7.91. The first-order valence-electron chi connectivity index (χ1n) is 4.76. The Bertz CT molecular complexity index is 191. The topological polar surface area (TPSA) is 34.1 Å². The van der Waals surface area contributed by atoms with E-state index in [9.17, 15) is 8.42 Å². The van der Waals surface area contributed by atoms with Gasteiger partial charge in [0.05, 0.1) is 5.75 Å². The molecule has 0 atom stereocenters. The van der Waals surface area contributed by atoms with Crippen LogP contribution in [0.2, 0.25) is 0 Å². The molecule has 0 aliphatic rings. The van der Waals surface area contributed by atoms with Gasteiger partial charge in [-0.2, -0.15) is 0 Å². The maximum Gasteiger partial charge on any atom is 0.150 e. The number of sulfone groups is 1. The highest BCUT2D eigenvalue weighted by atomic mass is 32.2. The minimum Gasteiger partial charge on any atom is -0.229 e. The molecular formula is C9H20O2S. The maximum atomic E-state index is 11.1. The molecule has 0 bridgehead atoms. The Kier molecular flexibility index (Phi) is 5.55. The zero-order valence-electron chi connectivity index (χ0n) is 8.34. The van der Waals surface area contributed by atoms with Crippen LogP contribution in [-0.2, 0) is 9.84 Å². The Morgan fingerprint density at radius 1 is 1.08 bits per heavy atom. The minimum absolute atomic E-state index is 0.285. The molecule has 0 aromatic heterocycles. The zero-order valence-corrected chi connectivity index (χ0v) is 9.15. The molecule has 0 spiro atoms. The largest absolute Gasteiger partial charge is 0.229 e. The van der Waals surface area contributed by atoms with Gasteiger partial charge in [0.1, 0.15) is 9.84 Å². The van der Waals surface area contributed by atoms with Crippen LogP contribution in [0.15, 0.2) is 0 Å². The fourth-order valence-corrected chi connectivity index (χ4v) is 2.17. The van der Waals surface area contributed by atoms with E-state index in [4.69, 9.17) is 0 Å².